The van der Waals surface area contributed by atoms with Gasteiger partial charge >= 0.3 is 0 Å². The molecule has 1 aromatic rings. The van der Waals surface area contributed by atoms with E-state index in [0.717, 1.165) is 0 Å². The van der Waals surface area contributed by atoms with Crippen molar-refractivity contribution >= 4 is 6.08 Å². The van der Waals surface area contributed by atoms with E-state index in [4.69, 9.17) is 0 Å². The second-order valence-electron chi connectivity index (χ2n) is 4.18. The first-order valence-corrected chi connectivity index (χ1v) is 5.92. The van der Waals surface area contributed by atoms with Crippen molar-refractivity contribution in [3.63, 3.8) is 0 Å². The molecule has 0 spiro atoms. The highest BCUT2D eigenvalue weighted by molar-refractivity contribution is 5.49. The Morgan fingerprint density at radius 3 is 2.80 bits per heavy atom. The van der Waals surface area contributed by atoms with E-state index >= 15 is 0 Å². The minimum atomic E-state index is 0.577. The van der Waals surface area contributed by atoms with E-state index < -0.39 is 0 Å². The molecule has 1 nitrogen and oxygen atoms in total. The third-order valence-electron chi connectivity index (χ3n) is 2.92. The van der Waals surface area contributed by atoms with E-state index in [9.17, 15) is 0 Å². The Labute approximate surface area is 92.2 Å². The van der Waals surface area contributed by atoms with Crippen LogP contribution in [0.25, 0.3) is 6.08 Å². The molecule has 15 heavy (non-hydrogen) atoms. The molecule has 0 aromatic heterocycles. The minimum Gasteiger partial charge on any atom is -0.311 e. The maximum Gasteiger partial charge on any atom is 0.0253 e. The number of benzene rings is 1. The quantitative estimate of drug-likeness (QED) is 0.774. The molecule has 1 fully saturated rings. The molecule has 0 saturated carbocycles. The van der Waals surface area contributed by atoms with Crippen molar-refractivity contribution in [3.05, 3.63) is 42.0 Å². The van der Waals surface area contributed by atoms with Gasteiger partial charge in [0.1, 0.15) is 0 Å². The highest BCUT2D eigenvalue weighted by atomic mass is 14.9. The Balaban J connectivity index is 1.92. The van der Waals surface area contributed by atoms with Crippen LogP contribution in [0.5, 0.6) is 0 Å². The molecule has 1 aromatic carbocycles. The van der Waals surface area contributed by atoms with Crippen LogP contribution in [0, 0.1) is 0 Å². The molecule has 0 aliphatic carbocycles. The van der Waals surface area contributed by atoms with E-state index in [1.165, 1.54) is 37.8 Å². The lowest BCUT2D eigenvalue weighted by Crippen LogP contribution is -2.25. The highest BCUT2D eigenvalue weighted by Gasteiger charge is 2.06. The average Bonchev–Trinajstić information content (AvgIpc) is 2.56. The summed E-state index contributed by atoms with van der Waals surface area (Å²) in [6, 6.07) is 11.1. The first kappa shape index (κ1) is 10.4. The summed E-state index contributed by atoms with van der Waals surface area (Å²) in [6.45, 7) is 1.17. The van der Waals surface area contributed by atoms with Crippen LogP contribution in [-0.4, -0.2) is 12.6 Å². The van der Waals surface area contributed by atoms with Crippen LogP contribution in [0.1, 0.15) is 31.2 Å². The smallest absolute Gasteiger partial charge is 0.0253 e. The third kappa shape index (κ3) is 3.52. The largest absolute Gasteiger partial charge is 0.311 e. The van der Waals surface area contributed by atoms with Crippen molar-refractivity contribution in [2.45, 2.75) is 31.7 Å². The van der Waals surface area contributed by atoms with Gasteiger partial charge in [-0.25, -0.2) is 0 Å². The van der Waals surface area contributed by atoms with Crippen molar-refractivity contribution in [1.82, 2.24) is 5.32 Å². The van der Waals surface area contributed by atoms with Crippen LogP contribution in [0.15, 0.2) is 36.4 Å². The van der Waals surface area contributed by atoms with E-state index in [0.29, 0.717) is 6.04 Å². The molecule has 0 unspecified atom stereocenters. The lowest BCUT2D eigenvalue weighted by atomic mass is 10.1. The van der Waals surface area contributed by atoms with Crippen molar-refractivity contribution < 1.29 is 0 Å². The fourth-order valence-electron chi connectivity index (χ4n) is 2.01. The van der Waals surface area contributed by atoms with Crippen LogP contribution < -0.4 is 5.32 Å². The Hall–Kier alpha value is -1.08. The second kappa shape index (κ2) is 5.72. The summed E-state index contributed by atoms with van der Waals surface area (Å²) in [5, 5.41) is 3.57. The zero-order valence-electron chi connectivity index (χ0n) is 9.15. The second-order valence-corrected chi connectivity index (χ2v) is 4.18. The van der Waals surface area contributed by atoms with Crippen molar-refractivity contribution in [1.29, 1.82) is 0 Å². The lowest BCUT2D eigenvalue weighted by molar-refractivity contribution is 0.599. The minimum absolute atomic E-state index is 0.577. The normalized spacial score (nSPS) is 22.8. The van der Waals surface area contributed by atoms with Crippen LogP contribution in [0.3, 0.4) is 0 Å². The van der Waals surface area contributed by atoms with Crippen molar-refractivity contribution in [2.24, 2.45) is 0 Å². The first-order valence-electron chi connectivity index (χ1n) is 5.92. The van der Waals surface area contributed by atoms with Crippen molar-refractivity contribution in [3.8, 4) is 0 Å². The van der Waals surface area contributed by atoms with Crippen LogP contribution in [0.4, 0.5) is 0 Å². The van der Waals surface area contributed by atoms with Gasteiger partial charge in [0.05, 0.1) is 0 Å². The molecular weight excluding hydrogens is 182 g/mol. The number of hydrogen-bond acceptors (Lipinski definition) is 1. The summed E-state index contributed by atoms with van der Waals surface area (Å²) in [4.78, 5) is 0. The van der Waals surface area contributed by atoms with E-state index in [1.54, 1.807) is 0 Å². The first-order chi connectivity index (χ1) is 7.45. The van der Waals surface area contributed by atoms with Gasteiger partial charge in [-0.15, -0.1) is 0 Å². The fraction of sp³-hybridized carbons (Fsp3) is 0.429. The Kier molecular flexibility index (Phi) is 3.98. The maximum atomic E-state index is 3.57. The summed E-state index contributed by atoms with van der Waals surface area (Å²) in [6.07, 6.45) is 9.88. The molecule has 2 rings (SSSR count). The lowest BCUT2D eigenvalue weighted by Gasteiger charge is -2.09. The predicted molar refractivity (Wildman–Crippen MR) is 65.7 cm³/mol. The number of rotatable bonds is 2. The molecule has 0 radical (unpaired) electrons. The molecule has 80 valence electrons. The van der Waals surface area contributed by atoms with Gasteiger partial charge in [0.15, 0.2) is 0 Å². The molecule has 1 aliphatic heterocycles. The number of hydrogen-bond donors (Lipinski definition) is 1. The van der Waals surface area contributed by atoms with Gasteiger partial charge in [-0.3, -0.25) is 0 Å². The molecule has 1 heterocycles. The predicted octanol–water partition coefficient (Wildman–Crippen LogP) is 3.23. The van der Waals surface area contributed by atoms with E-state index in [2.05, 4.69) is 47.8 Å². The molecular formula is C14H19N. The molecule has 0 amide bonds. The zero-order valence-corrected chi connectivity index (χ0v) is 9.15. The third-order valence-corrected chi connectivity index (χ3v) is 2.92. The standard InChI is InChI=1S/C14H19N/c1-3-7-13(8-4-1)10-11-14-9-5-2-6-12-15-14/h1,3-4,7-8,10-11,14-15H,2,5-6,9,12H2/b11-10-/t14-/m0/s1. The topological polar surface area (TPSA) is 12.0 Å². The van der Waals surface area contributed by atoms with Crippen LogP contribution >= 0.6 is 0 Å². The van der Waals surface area contributed by atoms with E-state index in [-0.39, 0.29) is 0 Å². The average molecular weight is 201 g/mol. The van der Waals surface area contributed by atoms with Gasteiger partial charge in [0.25, 0.3) is 0 Å². The summed E-state index contributed by atoms with van der Waals surface area (Å²) in [7, 11) is 0. The molecule has 1 heteroatoms. The Morgan fingerprint density at radius 2 is 1.93 bits per heavy atom. The van der Waals surface area contributed by atoms with Gasteiger partial charge in [-0.2, -0.15) is 0 Å². The molecule has 1 atom stereocenters. The highest BCUT2D eigenvalue weighted by Crippen LogP contribution is 2.11. The monoisotopic (exact) mass is 201 g/mol. The zero-order chi connectivity index (χ0) is 10.3. The summed E-state index contributed by atoms with van der Waals surface area (Å²) in [5.41, 5.74) is 1.29. The fourth-order valence-corrected chi connectivity index (χ4v) is 2.01. The maximum absolute atomic E-state index is 3.57. The summed E-state index contributed by atoms with van der Waals surface area (Å²) < 4.78 is 0. The van der Waals surface area contributed by atoms with Gasteiger partial charge in [0.2, 0.25) is 0 Å². The van der Waals surface area contributed by atoms with E-state index in [1.807, 2.05) is 0 Å². The van der Waals surface area contributed by atoms with Gasteiger partial charge < -0.3 is 5.32 Å². The molecule has 1 saturated heterocycles. The summed E-state index contributed by atoms with van der Waals surface area (Å²) >= 11 is 0. The van der Waals surface area contributed by atoms with Gasteiger partial charge in [0, 0.05) is 6.04 Å². The molecule has 1 aliphatic rings. The Bertz CT molecular complexity index is 294. The van der Waals surface area contributed by atoms with Crippen molar-refractivity contribution in [2.75, 3.05) is 6.54 Å². The SMILES string of the molecule is C(=C/[C@@H]1CCCCCN1)/c1ccccc1. The van der Waals surface area contributed by atoms with Crippen LogP contribution in [-0.2, 0) is 0 Å². The molecule has 0 bridgehead atoms. The summed E-state index contributed by atoms with van der Waals surface area (Å²) in [5.74, 6) is 0. The van der Waals surface area contributed by atoms with Crippen LogP contribution in [0.2, 0.25) is 0 Å². The van der Waals surface area contributed by atoms with Gasteiger partial charge in [-0.05, 0) is 24.9 Å². The number of nitrogens with one attached hydrogen (secondary N) is 1. The Morgan fingerprint density at radius 1 is 1.07 bits per heavy atom. The van der Waals surface area contributed by atoms with Gasteiger partial charge in [-0.1, -0.05) is 55.3 Å². The molecule has 1 N–H and O–H groups in total.